The van der Waals surface area contributed by atoms with Crippen molar-refractivity contribution in [3.8, 4) is 11.3 Å². The highest BCUT2D eigenvalue weighted by molar-refractivity contribution is 7.92. The Morgan fingerprint density at radius 3 is 2.65 bits per heavy atom. The van der Waals surface area contributed by atoms with Crippen LogP contribution < -0.4 is 10.5 Å². The number of sulfonamides is 1. The Labute approximate surface area is 98.5 Å². The van der Waals surface area contributed by atoms with Crippen LogP contribution in [-0.2, 0) is 10.0 Å². The molecule has 2 rings (SSSR count). The minimum absolute atomic E-state index is 0.245. The van der Waals surface area contributed by atoms with Crippen LogP contribution in [0.25, 0.3) is 11.3 Å². The lowest BCUT2D eigenvalue weighted by atomic mass is 10.1. The molecule has 0 fully saturated rings. The smallest absolute Gasteiger partial charge is 0.229 e. The van der Waals surface area contributed by atoms with E-state index < -0.39 is 10.0 Å². The molecule has 0 aliphatic rings. The van der Waals surface area contributed by atoms with Gasteiger partial charge >= 0.3 is 0 Å². The molecule has 0 radical (unpaired) electrons. The van der Waals surface area contributed by atoms with Gasteiger partial charge in [0.2, 0.25) is 10.0 Å². The zero-order valence-electron chi connectivity index (χ0n) is 9.04. The molecule has 0 unspecified atom stereocenters. The molecule has 0 saturated heterocycles. The number of nitrogens with one attached hydrogen (secondary N) is 1. The first-order chi connectivity index (χ1) is 7.96. The number of para-hydroxylation sites is 1. The van der Waals surface area contributed by atoms with Crippen LogP contribution in [0.5, 0.6) is 0 Å². The number of hydrogen-bond acceptors (Lipinski definition) is 5. The summed E-state index contributed by atoms with van der Waals surface area (Å²) < 4.78 is 29.8. The Morgan fingerprint density at radius 1 is 1.35 bits per heavy atom. The van der Waals surface area contributed by atoms with Crippen LogP contribution in [0.15, 0.2) is 34.9 Å². The van der Waals surface area contributed by atoms with Crippen molar-refractivity contribution in [1.29, 1.82) is 0 Å². The molecule has 7 heteroatoms. The SMILES string of the molecule is CS(=O)(=O)Nc1ccccc1-c1cc(N)no1. The Hall–Kier alpha value is -2.02. The lowest BCUT2D eigenvalue weighted by Gasteiger charge is -2.07. The van der Waals surface area contributed by atoms with Crippen molar-refractivity contribution < 1.29 is 12.9 Å². The molecule has 0 spiro atoms. The number of nitrogen functional groups attached to an aromatic ring is 1. The van der Waals surface area contributed by atoms with Crippen molar-refractivity contribution in [1.82, 2.24) is 5.16 Å². The molecular weight excluding hydrogens is 242 g/mol. The summed E-state index contributed by atoms with van der Waals surface area (Å²) in [4.78, 5) is 0. The fraction of sp³-hybridized carbons (Fsp3) is 0.100. The Kier molecular flexibility index (Phi) is 2.76. The van der Waals surface area contributed by atoms with Gasteiger partial charge in [0.1, 0.15) is 0 Å². The molecule has 0 aliphatic heterocycles. The van der Waals surface area contributed by atoms with Crippen molar-refractivity contribution in [3.05, 3.63) is 30.3 Å². The summed E-state index contributed by atoms with van der Waals surface area (Å²) in [5.74, 6) is 0.656. The third kappa shape index (κ3) is 2.76. The summed E-state index contributed by atoms with van der Waals surface area (Å²) >= 11 is 0. The van der Waals surface area contributed by atoms with Crippen LogP contribution in [-0.4, -0.2) is 19.8 Å². The predicted molar refractivity (Wildman–Crippen MR) is 64.8 cm³/mol. The second kappa shape index (κ2) is 4.10. The molecule has 6 nitrogen and oxygen atoms in total. The van der Waals surface area contributed by atoms with Crippen LogP contribution in [0.4, 0.5) is 11.5 Å². The van der Waals surface area contributed by atoms with Gasteiger partial charge in [0.05, 0.1) is 11.9 Å². The Morgan fingerprint density at radius 2 is 2.06 bits per heavy atom. The first kappa shape index (κ1) is 11.5. The second-order valence-corrected chi connectivity index (χ2v) is 5.28. The number of anilines is 2. The Bertz CT molecular complexity index is 634. The number of nitrogens with two attached hydrogens (primary N) is 1. The molecule has 2 aromatic rings. The van der Waals surface area contributed by atoms with Crippen molar-refractivity contribution in [2.24, 2.45) is 0 Å². The van der Waals surface area contributed by atoms with Gasteiger partial charge in [-0.25, -0.2) is 8.42 Å². The van der Waals surface area contributed by atoms with Crippen LogP contribution in [0.1, 0.15) is 0 Å². The first-order valence-electron chi connectivity index (χ1n) is 4.75. The van der Waals surface area contributed by atoms with Crippen molar-refractivity contribution in [3.63, 3.8) is 0 Å². The summed E-state index contributed by atoms with van der Waals surface area (Å²) in [6.07, 6.45) is 1.08. The third-order valence-corrected chi connectivity index (χ3v) is 2.61. The van der Waals surface area contributed by atoms with E-state index in [1.165, 1.54) is 6.07 Å². The maximum Gasteiger partial charge on any atom is 0.229 e. The van der Waals surface area contributed by atoms with Gasteiger partial charge in [-0.3, -0.25) is 4.72 Å². The predicted octanol–water partition coefficient (Wildman–Crippen LogP) is 1.30. The maximum absolute atomic E-state index is 11.2. The molecular formula is C10H11N3O3S. The molecule has 1 heterocycles. The van der Waals surface area contributed by atoms with Crippen LogP contribution >= 0.6 is 0 Å². The van der Waals surface area contributed by atoms with Gasteiger partial charge in [-0.15, -0.1) is 0 Å². The number of aromatic nitrogens is 1. The highest BCUT2D eigenvalue weighted by Crippen LogP contribution is 2.29. The highest BCUT2D eigenvalue weighted by Gasteiger charge is 2.12. The lowest BCUT2D eigenvalue weighted by molar-refractivity contribution is 0.436. The van der Waals surface area contributed by atoms with E-state index in [1.807, 2.05) is 0 Å². The molecule has 0 saturated carbocycles. The number of nitrogens with zero attached hydrogens (tertiary/aromatic N) is 1. The number of hydrogen-bond donors (Lipinski definition) is 2. The van der Waals surface area contributed by atoms with Crippen LogP contribution in [0.2, 0.25) is 0 Å². The molecule has 3 N–H and O–H groups in total. The molecule has 0 bridgehead atoms. The minimum Gasteiger partial charge on any atom is -0.381 e. The van der Waals surface area contributed by atoms with E-state index in [1.54, 1.807) is 24.3 Å². The fourth-order valence-corrected chi connectivity index (χ4v) is 1.98. The minimum atomic E-state index is -3.34. The topological polar surface area (TPSA) is 98.2 Å². The van der Waals surface area contributed by atoms with Crippen molar-refractivity contribution in [2.45, 2.75) is 0 Å². The van der Waals surface area contributed by atoms with Gasteiger partial charge in [0.25, 0.3) is 0 Å². The number of rotatable bonds is 3. The van der Waals surface area contributed by atoms with Gasteiger partial charge in [-0.2, -0.15) is 0 Å². The van der Waals surface area contributed by atoms with E-state index in [0.717, 1.165) is 6.26 Å². The average molecular weight is 253 g/mol. The molecule has 17 heavy (non-hydrogen) atoms. The number of benzene rings is 1. The van der Waals surface area contributed by atoms with E-state index in [4.69, 9.17) is 10.3 Å². The van der Waals surface area contributed by atoms with Gasteiger partial charge in [0.15, 0.2) is 11.6 Å². The van der Waals surface area contributed by atoms with Crippen molar-refractivity contribution >= 4 is 21.5 Å². The molecule has 0 aliphatic carbocycles. The van der Waals surface area contributed by atoms with E-state index in [0.29, 0.717) is 17.0 Å². The van der Waals surface area contributed by atoms with E-state index in [9.17, 15) is 8.42 Å². The normalized spacial score (nSPS) is 11.4. The van der Waals surface area contributed by atoms with Gasteiger partial charge < -0.3 is 10.3 Å². The van der Waals surface area contributed by atoms with Crippen LogP contribution in [0.3, 0.4) is 0 Å². The first-order valence-corrected chi connectivity index (χ1v) is 6.64. The van der Waals surface area contributed by atoms with Gasteiger partial charge in [-0.05, 0) is 12.1 Å². The monoisotopic (exact) mass is 253 g/mol. The molecule has 1 aromatic carbocycles. The largest absolute Gasteiger partial charge is 0.381 e. The van der Waals surface area contributed by atoms with E-state index >= 15 is 0 Å². The lowest BCUT2D eigenvalue weighted by Crippen LogP contribution is -2.10. The van der Waals surface area contributed by atoms with E-state index in [2.05, 4.69) is 9.88 Å². The second-order valence-electron chi connectivity index (χ2n) is 3.54. The van der Waals surface area contributed by atoms with Gasteiger partial charge in [0, 0.05) is 11.6 Å². The maximum atomic E-state index is 11.2. The Balaban J connectivity index is 2.48. The van der Waals surface area contributed by atoms with Crippen LogP contribution in [0, 0.1) is 0 Å². The molecule has 90 valence electrons. The zero-order valence-corrected chi connectivity index (χ0v) is 9.86. The zero-order chi connectivity index (χ0) is 12.5. The summed E-state index contributed by atoms with van der Waals surface area (Å²) in [6.45, 7) is 0. The fourth-order valence-electron chi connectivity index (χ4n) is 1.40. The van der Waals surface area contributed by atoms with E-state index in [-0.39, 0.29) is 5.82 Å². The standard InChI is InChI=1S/C10H11N3O3S/c1-17(14,15)13-8-5-3-2-4-7(8)9-6-10(11)12-16-9/h2-6,13H,1H3,(H2,11,12). The highest BCUT2D eigenvalue weighted by atomic mass is 32.2. The molecule has 1 aromatic heterocycles. The molecule has 0 amide bonds. The van der Waals surface area contributed by atoms with Crippen molar-refractivity contribution in [2.75, 3.05) is 16.7 Å². The van der Waals surface area contributed by atoms with Gasteiger partial charge in [-0.1, -0.05) is 17.3 Å². The summed E-state index contributed by atoms with van der Waals surface area (Å²) in [7, 11) is -3.34. The summed E-state index contributed by atoms with van der Waals surface area (Å²) in [6, 6.07) is 8.36. The third-order valence-electron chi connectivity index (χ3n) is 2.02. The average Bonchev–Trinajstić information content (AvgIpc) is 2.63. The summed E-state index contributed by atoms with van der Waals surface area (Å²) in [5.41, 5.74) is 6.46. The quantitative estimate of drug-likeness (QED) is 0.859. The summed E-state index contributed by atoms with van der Waals surface area (Å²) in [5, 5.41) is 3.56. The molecule has 0 atom stereocenters.